The van der Waals surface area contributed by atoms with Crippen molar-refractivity contribution in [1.29, 1.82) is 0 Å². The molecule has 1 heterocycles. The van der Waals surface area contributed by atoms with E-state index in [0.717, 1.165) is 11.3 Å². The number of thioether (sulfide) groups is 1. The predicted octanol–water partition coefficient (Wildman–Crippen LogP) is 2.97. The molecule has 0 atom stereocenters. The molecule has 6 heteroatoms. The molecule has 0 aliphatic carbocycles. The summed E-state index contributed by atoms with van der Waals surface area (Å²) in [7, 11) is 1.62. The highest BCUT2D eigenvalue weighted by atomic mass is 32.2. The second-order valence-corrected chi connectivity index (χ2v) is 5.24. The van der Waals surface area contributed by atoms with Crippen molar-refractivity contribution in [3.63, 3.8) is 0 Å². The van der Waals surface area contributed by atoms with Crippen LogP contribution in [-0.2, 0) is 11.2 Å². The van der Waals surface area contributed by atoms with Gasteiger partial charge in [0.05, 0.1) is 25.0 Å². The Morgan fingerprint density at radius 2 is 2.18 bits per heavy atom. The summed E-state index contributed by atoms with van der Waals surface area (Å²) in [6, 6.07) is 7.69. The standard InChI is InChI=1S/C16H18N2O3S/c1-4-21-15(19)13-10-17-16(22-3)18-14(13)9-11-6-5-7-12(8-11)20-2/h5-8,10H,4,9H2,1-3H3. The Morgan fingerprint density at radius 3 is 2.86 bits per heavy atom. The first kappa shape index (κ1) is 16.3. The molecular formula is C16H18N2O3S. The number of rotatable bonds is 6. The van der Waals surface area contributed by atoms with Crippen LogP contribution in [0.3, 0.4) is 0 Å². The summed E-state index contributed by atoms with van der Waals surface area (Å²) in [6.07, 6.45) is 3.95. The maximum Gasteiger partial charge on any atom is 0.341 e. The second-order valence-electron chi connectivity index (χ2n) is 4.47. The zero-order chi connectivity index (χ0) is 15.9. The van der Waals surface area contributed by atoms with Gasteiger partial charge in [-0.3, -0.25) is 0 Å². The Kier molecular flexibility index (Phi) is 5.77. The molecule has 1 aromatic heterocycles. The minimum Gasteiger partial charge on any atom is -0.497 e. The summed E-state index contributed by atoms with van der Waals surface area (Å²) >= 11 is 1.44. The van der Waals surface area contributed by atoms with Crippen molar-refractivity contribution in [3.05, 3.63) is 47.3 Å². The molecule has 5 nitrogen and oxygen atoms in total. The third-order valence-electron chi connectivity index (χ3n) is 3.03. The van der Waals surface area contributed by atoms with E-state index in [1.165, 1.54) is 18.0 Å². The molecule has 0 saturated carbocycles. The van der Waals surface area contributed by atoms with E-state index in [1.54, 1.807) is 14.0 Å². The van der Waals surface area contributed by atoms with Crippen molar-refractivity contribution >= 4 is 17.7 Å². The van der Waals surface area contributed by atoms with Gasteiger partial charge in [0.15, 0.2) is 5.16 Å². The first-order valence-corrected chi connectivity index (χ1v) is 8.10. The number of benzene rings is 1. The topological polar surface area (TPSA) is 61.3 Å². The Hall–Kier alpha value is -2.08. The summed E-state index contributed by atoms with van der Waals surface area (Å²) in [5.41, 5.74) is 2.07. The molecule has 2 aromatic rings. The Labute approximate surface area is 134 Å². The van der Waals surface area contributed by atoms with Gasteiger partial charge in [-0.25, -0.2) is 14.8 Å². The molecule has 22 heavy (non-hydrogen) atoms. The molecule has 0 fully saturated rings. The van der Waals surface area contributed by atoms with Crippen molar-refractivity contribution in [2.75, 3.05) is 20.0 Å². The fraction of sp³-hybridized carbons (Fsp3) is 0.312. The molecule has 0 N–H and O–H groups in total. The summed E-state index contributed by atoms with van der Waals surface area (Å²) < 4.78 is 10.3. The number of nitrogens with zero attached hydrogens (tertiary/aromatic N) is 2. The molecular weight excluding hydrogens is 300 g/mol. The number of hydrogen-bond donors (Lipinski definition) is 0. The summed E-state index contributed by atoms with van der Waals surface area (Å²) in [5.74, 6) is 0.377. The summed E-state index contributed by atoms with van der Waals surface area (Å²) in [4.78, 5) is 20.7. The monoisotopic (exact) mass is 318 g/mol. The fourth-order valence-electron chi connectivity index (χ4n) is 1.99. The van der Waals surface area contributed by atoms with Crippen LogP contribution in [-0.4, -0.2) is 35.9 Å². The SMILES string of the molecule is CCOC(=O)c1cnc(SC)nc1Cc1cccc(OC)c1. The zero-order valence-corrected chi connectivity index (χ0v) is 13.6. The maximum absolute atomic E-state index is 12.0. The molecule has 0 spiro atoms. The predicted molar refractivity (Wildman–Crippen MR) is 85.6 cm³/mol. The average Bonchev–Trinajstić information content (AvgIpc) is 2.55. The average molecular weight is 318 g/mol. The van der Waals surface area contributed by atoms with Gasteiger partial charge in [0.2, 0.25) is 0 Å². The maximum atomic E-state index is 12.0. The molecule has 0 amide bonds. The van der Waals surface area contributed by atoms with Gasteiger partial charge in [-0.2, -0.15) is 0 Å². The van der Waals surface area contributed by atoms with Crippen LogP contribution in [0.2, 0.25) is 0 Å². The van der Waals surface area contributed by atoms with Crippen LogP contribution in [0.1, 0.15) is 28.5 Å². The number of carbonyl (C=O) groups is 1. The van der Waals surface area contributed by atoms with E-state index in [4.69, 9.17) is 9.47 Å². The van der Waals surface area contributed by atoms with Crippen LogP contribution in [0.25, 0.3) is 0 Å². The molecule has 2 rings (SSSR count). The van der Waals surface area contributed by atoms with Gasteiger partial charge in [0.1, 0.15) is 5.75 Å². The Morgan fingerprint density at radius 1 is 1.36 bits per heavy atom. The minimum atomic E-state index is -0.395. The number of aromatic nitrogens is 2. The smallest absolute Gasteiger partial charge is 0.341 e. The quantitative estimate of drug-likeness (QED) is 0.463. The van der Waals surface area contributed by atoms with E-state index in [1.807, 2.05) is 30.5 Å². The Balaban J connectivity index is 2.36. The molecule has 0 aliphatic heterocycles. The molecule has 0 unspecified atom stereocenters. The zero-order valence-electron chi connectivity index (χ0n) is 12.8. The number of carbonyl (C=O) groups excluding carboxylic acids is 1. The van der Waals surface area contributed by atoms with E-state index >= 15 is 0 Å². The van der Waals surface area contributed by atoms with E-state index in [2.05, 4.69) is 9.97 Å². The largest absolute Gasteiger partial charge is 0.497 e. The second kappa shape index (κ2) is 7.79. The van der Waals surface area contributed by atoms with Gasteiger partial charge in [-0.15, -0.1) is 0 Å². The molecule has 0 aliphatic rings. The van der Waals surface area contributed by atoms with E-state index in [0.29, 0.717) is 29.4 Å². The fourth-order valence-corrected chi connectivity index (χ4v) is 2.35. The first-order valence-electron chi connectivity index (χ1n) is 6.87. The molecule has 0 bridgehead atoms. The molecule has 0 saturated heterocycles. The van der Waals surface area contributed by atoms with Crippen molar-refractivity contribution in [3.8, 4) is 5.75 Å². The van der Waals surface area contributed by atoms with E-state index in [-0.39, 0.29) is 0 Å². The van der Waals surface area contributed by atoms with Gasteiger partial charge < -0.3 is 9.47 Å². The van der Waals surface area contributed by atoms with Gasteiger partial charge in [-0.1, -0.05) is 23.9 Å². The first-order chi connectivity index (χ1) is 10.7. The van der Waals surface area contributed by atoms with Crippen LogP contribution < -0.4 is 4.74 Å². The van der Waals surface area contributed by atoms with Gasteiger partial charge >= 0.3 is 5.97 Å². The normalized spacial score (nSPS) is 10.3. The van der Waals surface area contributed by atoms with Gasteiger partial charge in [-0.05, 0) is 30.9 Å². The number of ether oxygens (including phenoxy) is 2. The number of esters is 1. The van der Waals surface area contributed by atoms with Crippen LogP contribution in [0, 0.1) is 0 Å². The Bertz CT molecular complexity index is 662. The molecule has 1 aromatic carbocycles. The van der Waals surface area contributed by atoms with Gasteiger partial charge in [0.25, 0.3) is 0 Å². The minimum absolute atomic E-state index is 0.321. The van der Waals surface area contributed by atoms with Crippen molar-refractivity contribution in [1.82, 2.24) is 9.97 Å². The van der Waals surface area contributed by atoms with Crippen molar-refractivity contribution in [2.45, 2.75) is 18.5 Å². The van der Waals surface area contributed by atoms with Crippen LogP contribution in [0.15, 0.2) is 35.6 Å². The highest BCUT2D eigenvalue weighted by Gasteiger charge is 2.16. The highest BCUT2D eigenvalue weighted by molar-refractivity contribution is 7.98. The third-order valence-corrected chi connectivity index (χ3v) is 3.59. The van der Waals surface area contributed by atoms with Crippen LogP contribution in [0.5, 0.6) is 5.75 Å². The van der Waals surface area contributed by atoms with E-state index < -0.39 is 5.97 Å². The number of hydrogen-bond acceptors (Lipinski definition) is 6. The lowest BCUT2D eigenvalue weighted by atomic mass is 10.1. The lowest BCUT2D eigenvalue weighted by Crippen LogP contribution is -2.11. The molecule has 0 radical (unpaired) electrons. The van der Waals surface area contributed by atoms with Crippen LogP contribution in [0.4, 0.5) is 0 Å². The van der Waals surface area contributed by atoms with Crippen molar-refractivity contribution in [2.24, 2.45) is 0 Å². The number of methoxy groups -OCH3 is 1. The summed E-state index contributed by atoms with van der Waals surface area (Å²) in [6.45, 7) is 2.10. The molecule has 116 valence electrons. The summed E-state index contributed by atoms with van der Waals surface area (Å²) in [5, 5.41) is 0.631. The highest BCUT2D eigenvalue weighted by Crippen LogP contribution is 2.19. The van der Waals surface area contributed by atoms with Gasteiger partial charge in [0, 0.05) is 12.6 Å². The van der Waals surface area contributed by atoms with E-state index in [9.17, 15) is 4.79 Å². The van der Waals surface area contributed by atoms with Crippen molar-refractivity contribution < 1.29 is 14.3 Å². The lowest BCUT2D eigenvalue weighted by molar-refractivity contribution is 0.0524. The van der Waals surface area contributed by atoms with Crippen LogP contribution >= 0.6 is 11.8 Å². The third kappa shape index (κ3) is 3.98. The lowest BCUT2D eigenvalue weighted by Gasteiger charge is -2.10.